The van der Waals surface area contributed by atoms with Gasteiger partial charge in [0.2, 0.25) is 10.0 Å². The molecule has 3 aromatic rings. The maximum Gasteiger partial charge on any atom is 0.325 e. The van der Waals surface area contributed by atoms with Crippen LogP contribution in [0.3, 0.4) is 0 Å². The van der Waals surface area contributed by atoms with E-state index in [4.69, 9.17) is 4.74 Å². The molecule has 9 heteroatoms. The first kappa shape index (κ1) is 24.6. The smallest absolute Gasteiger partial charge is 0.325 e. The Bertz CT molecular complexity index is 1390. The molecule has 0 fully saturated rings. The van der Waals surface area contributed by atoms with Gasteiger partial charge in [-0.05, 0) is 60.4 Å². The van der Waals surface area contributed by atoms with Gasteiger partial charge in [-0.3, -0.25) is 9.59 Å². The van der Waals surface area contributed by atoms with E-state index >= 15 is 0 Å². The fourth-order valence-electron chi connectivity index (χ4n) is 3.98. The molecule has 0 aliphatic carbocycles. The molecule has 0 radical (unpaired) electrons. The standard InChI is InChI=1S/C26H25FN2O5S/c1-17-11-12-21(13-18(17)2)28-25(30)16-34-26(31)23-14-19-7-3-4-8-20(19)15-29(23)35(32,33)24-10-6-5-9-22(24)27/h3-13,23H,14-16H2,1-2H3,(H,28,30). The average molecular weight is 497 g/mol. The lowest BCUT2D eigenvalue weighted by molar-refractivity contribution is -0.151. The Labute approximate surface area is 203 Å². The summed E-state index contributed by atoms with van der Waals surface area (Å²) in [6.45, 7) is 3.15. The molecule has 4 rings (SSSR count). The van der Waals surface area contributed by atoms with Gasteiger partial charge < -0.3 is 10.1 Å². The lowest BCUT2D eigenvalue weighted by Crippen LogP contribution is -2.49. The first-order valence-electron chi connectivity index (χ1n) is 11.0. The van der Waals surface area contributed by atoms with Crippen LogP contribution in [0.5, 0.6) is 0 Å². The number of halogens is 1. The predicted octanol–water partition coefficient (Wildman–Crippen LogP) is 3.74. The number of sulfonamides is 1. The molecule has 3 aromatic carbocycles. The second kappa shape index (κ2) is 9.97. The van der Waals surface area contributed by atoms with Gasteiger partial charge >= 0.3 is 5.97 Å². The highest BCUT2D eigenvalue weighted by Gasteiger charge is 2.41. The third kappa shape index (κ3) is 5.26. The summed E-state index contributed by atoms with van der Waals surface area (Å²) in [4.78, 5) is 24.9. The number of esters is 1. The number of hydrogen-bond acceptors (Lipinski definition) is 5. The summed E-state index contributed by atoms with van der Waals surface area (Å²) in [6.07, 6.45) is 0.0431. The molecule has 0 saturated heterocycles. The normalized spacial score (nSPS) is 15.8. The summed E-state index contributed by atoms with van der Waals surface area (Å²) in [6, 6.07) is 16.3. The second-order valence-corrected chi connectivity index (χ2v) is 10.3. The zero-order valence-corrected chi connectivity index (χ0v) is 20.1. The van der Waals surface area contributed by atoms with Crippen molar-refractivity contribution in [2.45, 2.75) is 37.8 Å². The Hall–Kier alpha value is -3.56. The Morgan fingerprint density at radius 3 is 2.40 bits per heavy atom. The van der Waals surface area contributed by atoms with Crippen molar-refractivity contribution >= 4 is 27.6 Å². The number of anilines is 1. The van der Waals surface area contributed by atoms with E-state index in [2.05, 4.69) is 5.32 Å². The number of nitrogens with zero attached hydrogens (tertiary/aromatic N) is 1. The summed E-state index contributed by atoms with van der Waals surface area (Å²) in [5, 5.41) is 2.66. The molecule has 0 bridgehead atoms. The summed E-state index contributed by atoms with van der Waals surface area (Å²) >= 11 is 0. The van der Waals surface area contributed by atoms with Crippen LogP contribution in [0.25, 0.3) is 0 Å². The maximum absolute atomic E-state index is 14.4. The van der Waals surface area contributed by atoms with E-state index in [0.29, 0.717) is 11.3 Å². The van der Waals surface area contributed by atoms with Crippen molar-refractivity contribution in [3.63, 3.8) is 0 Å². The van der Waals surface area contributed by atoms with Crippen LogP contribution >= 0.6 is 0 Å². The summed E-state index contributed by atoms with van der Waals surface area (Å²) < 4.78 is 47.3. The number of carbonyl (C=O) groups is 2. The van der Waals surface area contributed by atoms with Gasteiger partial charge in [-0.1, -0.05) is 42.5 Å². The van der Waals surface area contributed by atoms with Gasteiger partial charge in [0.05, 0.1) is 0 Å². The Kier molecular flexibility index (Phi) is 7.00. The lowest BCUT2D eigenvalue weighted by Gasteiger charge is -2.34. The lowest BCUT2D eigenvalue weighted by atomic mass is 9.96. The molecule has 182 valence electrons. The summed E-state index contributed by atoms with van der Waals surface area (Å²) in [5.41, 5.74) is 4.13. The van der Waals surface area contributed by atoms with Crippen LogP contribution in [0.1, 0.15) is 22.3 Å². The minimum Gasteiger partial charge on any atom is -0.454 e. The van der Waals surface area contributed by atoms with Gasteiger partial charge in [-0.15, -0.1) is 0 Å². The van der Waals surface area contributed by atoms with E-state index < -0.39 is 45.3 Å². The zero-order chi connectivity index (χ0) is 25.2. The first-order chi connectivity index (χ1) is 16.7. The molecular weight excluding hydrogens is 471 g/mol. The van der Waals surface area contributed by atoms with Crippen molar-refractivity contribution in [3.8, 4) is 0 Å². The fourth-order valence-corrected chi connectivity index (χ4v) is 5.60. The number of nitrogens with one attached hydrogen (secondary N) is 1. The Balaban J connectivity index is 1.54. The minimum atomic E-state index is -4.37. The highest BCUT2D eigenvalue weighted by atomic mass is 32.2. The molecule has 0 saturated carbocycles. The molecule has 35 heavy (non-hydrogen) atoms. The maximum atomic E-state index is 14.4. The molecule has 1 aliphatic rings. The number of rotatable bonds is 6. The van der Waals surface area contributed by atoms with Crippen LogP contribution in [0.15, 0.2) is 71.6 Å². The molecule has 1 heterocycles. The zero-order valence-electron chi connectivity index (χ0n) is 19.3. The van der Waals surface area contributed by atoms with E-state index in [-0.39, 0.29) is 13.0 Å². The van der Waals surface area contributed by atoms with E-state index in [9.17, 15) is 22.4 Å². The number of amides is 1. The van der Waals surface area contributed by atoms with E-state index in [1.807, 2.05) is 19.9 Å². The molecule has 1 unspecified atom stereocenters. The highest BCUT2D eigenvalue weighted by Crippen LogP contribution is 2.30. The largest absolute Gasteiger partial charge is 0.454 e. The topological polar surface area (TPSA) is 92.8 Å². The van der Waals surface area contributed by atoms with Crippen LogP contribution in [0.2, 0.25) is 0 Å². The molecule has 1 N–H and O–H groups in total. The minimum absolute atomic E-state index is 0.0431. The number of ether oxygens (including phenoxy) is 1. The van der Waals surface area contributed by atoms with Crippen molar-refractivity contribution < 1.29 is 27.1 Å². The van der Waals surface area contributed by atoms with E-state index in [1.165, 1.54) is 12.1 Å². The average Bonchev–Trinajstić information content (AvgIpc) is 2.84. The summed E-state index contributed by atoms with van der Waals surface area (Å²) in [5.74, 6) is -2.35. The summed E-state index contributed by atoms with van der Waals surface area (Å²) in [7, 11) is -4.37. The van der Waals surface area contributed by atoms with Crippen molar-refractivity contribution in [2.75, 3.05) is 11.9 Å². The molecule has 7 nitrogen and oxygen atoms in total. The van der Waals surface area contributed by atoms with Gasteiger partial charge in [0, 0.05) is 18.7 Å². The molecular formula is C26H25FN2O5S. The van der Waals surface area contributed by atoms with Crippen molar-refractivity contribution in [3.05, 3.63) is 94.8 Å². The number of hydrogen-bond donors (Lipinski definition) is 1. The van der Waals surface area contributed by atoms with Crippen LogP contribution < -0.4 is 5.32 Å². The number of benzene rings is 3. The van der Waals surface area contributed by atoms with Crippen molar-refractivity contribution in [1.29, 1.82) is 0 Å². The molecule has 1 atom stereocenters. The van der Waals surface area contributed by atoms with Crippen molar-refractivity contribution in [2.24, 2.45) is 0 Å². The fraction of sp³-hybridized carbons (Fsp3) is 0.231. The van der Waals surface area contributed by atoms with E-state index in [1.54, 1.807) is 36.4 Å². The van der Waals surface area contributed by atoms with Gasteiger partial charge in [-0.2, -0.15) is 4.31 Å². The number of fused-ring (bicyclic) bond motifs is 1. The number of aryl methyl sites for hydroxylation is 2. The molecule has 1 aliphatic heterocycles. The SMILES string of the molecule is Cc1ccc(NC(=O)COC(=O)C2Cc3ccccc3CN2S(=O)(=O)c2ccccc2F)cc1C. The quantitative estimate of drug-likeness (QED) is 0.525. The van der Waals surface area contributed by atoms with Crippen molar-refractivity contribution in [1.82, 2.24) is 4.31 Å². The molecule has 0 spiro atoms. The van der Waals surface area contributed by atoms with Crippen LogP contribution in [0.4, 0.5) is 10.1 Å². The van der Waals surface area contributed by atoms with E-state index in [0.717, 1.165) is 33.1 Å². The number of carbonyl (C=O) groups excluding carboxylic acids is 2. The highest BCUT2D eigenvalue weighted by molar-refractivity contribution is 7.89. The Morgan fingerprint density at radius 2 is 1.69 bits per heavy atom. The first-order valence-corrected chi connectivity index (χ1v) is 12.5. The van der Waals surface area contributed by atoms with Gasteiger partial charge in [0.25, 0.3) is 5.91 Å². The predicted molar refractivity (Wildman–Crippen MR) is 129 cm³/mol. The molecule has 0 aromatic heterocycles. The third-order valence-electron chi connectivity index (χ3n) is 6.04. The monoisotopic (exact) mass is 496 g/mol. The van der Waals surface area contributed by atoms with Gasteiger partial charge in [0.15, 0.2) is 6.61 Å². The van der Waals surface area contributed by atoms with Gasteiger partial charge in [-0.25, -0.2) is 12.8 Å². The van der Waals surface area contributed by atoms with Crippen LogP contribution in [0, 0.1) is 19.7 Å². The van der Waals surface area contributed by atoms with Gasteiger partial charge in [0.1, 0.15) is 16.8 Å². The Morgan fingerprint density at radius 1 is 1.00 bits per heavy atom. The van der Waals surface area contributed by atoms with Crippen LogP contribution in [-0.4, -0.2) is 37.2 Å². The second-order valence-electron chi connectivity index (χ2n) is 8.42. The van der Waals surface area contributed by atoms with Crippen LogP contribution in [-0.2, 0) is 37.3 Å². The third-order valence-corrected chi connectivity index (χ3v) is 7.92. The molecule has 1 amide bonds.